The van der Waals surface area contributed by atoms with Crippen molar-refractivity contribution in [2.24, 2.45) is 0 Å². The van der Waals surface area contributed by atoms with Crippen LogP contribution in [0.4, 0.5) is 0 Å². The second-order valence-electron chi connectivity index (χ2n) is 5.95. The molecule has 1 atom stereocenters. The minimum absolute atomic E-state index is 0.287. The van der Waals surface area contributed by atoms with Gasteiger partial charge in [-0.1, -0.05) is 69.6 Å². The topological polar surface area (TPSA) is 46.5 Å². The highest BCUT2D eigenvalue weighted by atomic mass is 16.6. The summed E-state index contributed by atoms with van der Waals surface area (Å²) in [5.41, 5.74) is 0. The highest BCUT2D eigenvalue weighted by Gasteiger charge is 2.07. The molecule has 3 heteroatoms. The minimum atomic E-state index is -0.938. The fourth-order valence-electron chi connectivity index (χ4n) is 2.18. The number of hydrogen-bond donors (Lipinski definition) is 1. The monoisotopic (exact) mass is 336 g/mol. The number of unbranched alkanes of at least 4 members (excludes halogenated alkanes) is 5. The van der Waals surface area contributed by atoms with E-state index in [1.165, 1.54) is 12.8 Å². The van der Waals surface area contributed by atoms with Crippen LogP contribution in [0.25, 0.3) is 0 Å². The number of esters is 1. The first-order valence-corrected chi connectivity index (χ1v) is 9.53. The Hall–Kier alpha value is -1.35. The highest BCUT2D eigenvalue weighted by molar-refractivity contribution is 5.69. The summed E-state index contributed by atoms with van der Waals surface area (Å²) in [7, 11) is 0. The zero-order valence-corrected chi connectivity index (χ0v) is 15.6. The lowest BCUT2D eigenvalue weighted by Crippen LogP contribution is -2.16. The fraction of sp³-hybridized carbons (Fsp3) is 0.667. The minimum Gasteiger partial charge on any atom is -0.436 e. The molecule has 0 spiro atoms. The predicted molar refractivity (Wildman–Crippen MR) is 102 cm³/mol. The lowest BCUT2D eigenvalue weighted by atomic mass is 10.1. The van der Waals surface area contributed by atoms with Crippen LogP contribution in [-0.4, -0.2) is 17.4 Å². The Balaban J connectivity index is 3.34. The molecule has 0 aromatic heterocycles. The molecule has 0 heterocycles. The Morgan fingerprint density at radius 1 is 0.875 bits per heavy atom. The van der Waals surface area contributed by atoms with E-state index >= 15 is 0 Å². The zero-order chi connectivity index (χ0) is 17.9. The molecule has 0 aromatic carbocycles. The Kier molecular flexibility index (Phi) is 17.0. The third-order valence-corrected chi connectivity index (χ3v) is 3.65. The van der Waals surface area contributed by atoms with Crippen molar-refractivity contribution < 1.29 is 14.6 Å². The van der Waals surface area contributed by atoms with Gasteiger partial charge in [0.05, 0.1) is 0 Å². The van der Waals surface area contributed by atoms with Gasteiger partial charge in [-0.3, -0.25) is 4.79 Å². The Morgan fingerprint density at radius 3 is 2.12 bits per heavy atom. The number of carbonyl (C=O) groups excluding carboxylic acids is 1. The van der Waals surface area contributed by atoms with E-state index in [2.05, 4.69) is 43.4 Å². The van der Waals surface area contributed by atoms with E-state index in [1.807, 2.05) is 0 Å². The largest absolute Gasteiger partial charge is 0.436 e. The fourth-order valence-corrected chi connectivity index (χ4v) is 2.18. The van der Waals surface area contributed by atoms with Crippen molar-refractivity contribution in [3.05, 3.63) is 36.5 Å². The standard InChI is InChI=1S/C21H36O3/c1-3-5-6-7-8-9-10-11-12-13-14-15-16-17-18-19-21(23)24-20(22)4-2/h5-6,8-9,11-12,20,22H,3-4,7,10,13-19H2,1-2H3/b6-5-,9-8-,12-11-. The molecule has 0 saturated carbocycles. The quantitative estimate of drug-likeness (QED) is 0.177. The number of carbonyl (C=O) groups is 1. The summed E-state index contributed by atoms with van der Waals surface area (Å²) in [4.78, 5) is 11.3. The molecule has 1 N–H and O–H groups in total. The molecule has 0 aliphatic rings. The smallest absolute Gasteiger partial charge is 0.308 e. The summed E-state index contributed by atoms with van der Waals surface area (Å²) in [6.45, 7) is 3.93. The predicted octanol–water partition coefficient (Wildman–Crippen LogP) is 5.85. The maximum Gasteiger partial charge on any atom is 0.308 e. The van der Waals surface area contributed by atoms with Crippen LogP contribution in [0.5, 0.6) is 0 Å². The van der Waals surface area contributed by atoms with Crippen molar-refractivity contribution in [2.45, 2.75) is 90.8 Å². The van der Waals surface area contributed by atoms with Crippen LogP contribution in [0.15, 0.2) is 36.5 Å². The van der Waals surface area contributed by atoms with Gasteiger partial charge in [-0.15, -0.1) is 0 Å². The third-order valence-electron chi connectivity index (χ3n) is 3.65. The lowest BCUT2D eigenvalue weighted by Gasteiger charge is -2.09. The van der Waals surface area contributed by atoms with Gasteiger partial charge in [-0.05, 0) is 38.5 Å². The molecule has 0 aliphatic heterocycles. The van der Waals surface area contributed by atoms with Gasteiger partial charge < -0.3 is 9.84 Å². The number of hydrogen-bond acceptors (Lipinski definition) is 3. The molecular weight excluding hydrogens is 300 g/mol. The summed E-state index contributed by atoms with van der Waals surface area (Å²) in [6, 6.07) is 0. The highest BCUT2D eigenvalue weighted by Crippen LogP contribution is 2.09. The number of rotatable bonds is 15. The first kappa shape index (κ1) is 22.6. The average molecular weight is 337 g/mol. The summed E-state index contributed by atoms with van der Waals surface area (Å²) < 4.78 is 4.82. The van der Waals surface area contributed by atoms with Crippen molar-refractivity contribution in [3.63, 3.8) is 0 Å². The molecule has 0 bridgehead atoms. The van der Waals surface area contributed by atoms with Crippen molar-refractivity contribution >= 4 is 5.97 Å². The number of ether oxygens (including phenoxy) is 1. The first-order chi connectivity index (χ1) is 11.7. The molecule has 24 heavy (non-hydrogen) atoms. The molecule has 0 rings (SSSR count). The molecule has 0 amide bonds. The molecule has 3 nitrogen and oxygen atoms in total. The van der Waals surface area contributed by atoms with E-state index in [4.69, 9.17) is 4.74 Å². The molecule has 0 aliphatic carbocycles. The van der Waals surface area contributed by atoms with Crippen molar-refractivity contribution in [1.82, 2.24) is 0 Å². The van der Waals surface area contributed by atoms with Crippen LogP contribution in [0.3, 0.4) is 0 Å². The second-order valence-corrected chi connectivity index (χ2v) is 5.95. The van der Waals surface area contributed by atoms with Gasteiger partial charge in [0.25, 0.3) is 0 Å². The maximum absolute atomic E-state index is 11.3. The summed E-state index contributed by atoms with van der Waals surface area (Å²) in [5, 5.41) is 9.20. The molecule has 0 radical (unpaired) electrons. The van der Waals surface area contributed by atoms with E-state index < -0.39 is 6.29 Å². The molecule has 0 fully saturated rings. The Morgan fingerprint density at radius 2 is 1.46 bits per heavy atom. The van der Waals surface area contributed by atoms with Crippen molar-refractivity contribution in [3.8, 4) is 0 Å². The number of aliphatic hydroxyl groups is 1. The zero-order valence-electron chi connectivity index (χ0n) is 15.6. The average Bonchev–Trinajstić information content (AvgIpc) is 2.58. The van der Waals surface area contributed by atoms with Gasteiger partial charge in [0.15, 0.2) is 6.29 Å². The second kappa shape index (κ2) is 18.0. The van der Waals surface area contributed by atoms with Crippen LogP contribution in [-0.2, 0) is 9.53 Å². The van der Waals surface area contributed by atoms with E-state index in [0.717, 1.165) is 44.9 Å². The van der Waals surface area contributed by atoms with E-state index in [0.29, 0.717) is 12.8 Å². The summed E-state index contributed by atoms with van der Waals surface area (Å²) in [6.07, 6.45) is 23.0. The molecule has 138 valence electrons. The van der Waals surface area contributed by atoms with E-state index in [1.54, 1.807) is 6.92 Å². The van der Waals surface area contributed by atoms with Crippen molar-refractivity contribution in [2.75, 3.05) is 0 Å². The molecule has 0 saturated heterocycles. The van der Waals surface area contributed by atoms with Gasteiger partial charge >= 0.3 is 5.97 Å². The summed E-state index contributed by atoms with van der Waals surface area (Å²) >= 11 is 0. The Labute approximate surface area is 148 Å². The Bertz CT molecular complexity index is 369. The molecular formula is C21H36O3. The normalized spacial score (nSPS) is 13.3. The maximum atomic E-state index is 11.3. The van der Waals surface area contributed by atoms with Gasteiger partial charge in [0.2, 0.25) is 0 Å². The van der Waals surface area contributed by atoms with Gasteiger partial charge in [0, 0.05) is 12.8 Å². The number of aliphatic hydroxyl groups excluding tert-OH is 1. The van der Waals surface area contributed by atoms with Crippen molar-refractivity contribution in [1.29, 1.82) is 0 Å². The lowest BCUT2D eigenvalue weighted by molar-refractivity contribution is -0.168. The van der Waals surface area contributed by atoms with Crippen LogP contribution in [0, 0.1) is 0 Å². The van der Waals surface area contributed by atoms with E-state index in [9.17, 15) is 9.90 Å². The van der Waals surface area contributed by atoms with Gasteiger partial charge in [-0.25, -0.2) is 0 Å². The number of allylic oxidation sites excluding steroid dienone is 6. The van der Waals surface area contributed by atoms with Crippen LogP contribution in [0.2, 0.25) is 0 Å². The van der Waals surface area contributed by atoms with Crippen LogP contribution in [0.1, 0.15) is 84.5 Å². The van der Waals surface area contributed by atoms with Gasteiger partial charge in [-0.2, -0.15) is 0 Å². The summed E-state index contributed by atoms with van der Waals surface area (Å²) in [5.74, 6) is -0.287. The van der Waals surface area contributed by atoms with E-state index in [-0.39, 0.29) is 5.97 Å². The van der Waals surface area contributed by atoms with Crippen LogP contribution >= 0.6 is 0 Å². The third kappa shape index (κ3) is 17.0. The SMILES string of the molecule is CC/C=C\C/C=C\C/C=C\CCCCCCCC(=O)OC(O)CC. The first-order valence-electron chi connectivity index (χ1n) is 9.53. The molecule has 0 aromatic rings. The van der Waals surface area contributed by atoms with Gasteiger partial charge in [0.1, 0.15) is 0 Å². The van der Waals surface area contributed by atoms with Crippen LogP contribution < -0.4 is 0 Å². The molecule has 1 unspecified atom stereocenters.